The highest BCUT2D eigenvalue weighted by atomic mass is 35.5. The Morgan fingerprint density at radius 3 is 1.94 bits per heavy atom. The second-order valence-electron chi connectivity index (χ2n) is 8.25. The van der Waals surface area contributed by atoms with Gasteiger partial charge in [0.2, 0.25) is 0 Å². The van der Waals surface area contributed by atoms with E-state index in [-0.39, 0.29) is 12.0 Å². The average molecular weight is 461 g/mol. The zero-order valence-corrected chi connectivity index (χ0v) is 19.6. The molecule has 0 bridgehead atoms. The van der Waals surface area contributed by atoms with Crippen LogP contribution in [-0.4, -0.2) is 55.6 Å². The second-order valence-corrected chi connectivity index (χ2v) is 8.69. The van der Waals surface area contributed by atoms with Gasteiger partial charge in [0.05, 0.1) is 18.7 Å². The van der Waals surface area contributed by atoms with Crippen molar-refractivity contribution < 1.29 is 9.53 Å². The molecular formula is C28H29ClN2O2. The van der Waals surface area contributed by atoms with Crippen molar-refractivity contribution in [2.24, 2.45) is 0 Å². The van der Waals surface area contributed by atoms with Crippen molar-refractivity contribution in [2.75, 3.05) is 39.8 Å². The molecule has 1 heterocycles. The Kier molecular flexibility index (Phi) is 7.95. The smallest absolute Gasteiger partial charge is 0.335 e. The molecule has 3 aromatic rings. The Balaban J connectivity index is 1.47. The molecule has 5 heteroatoms. The molecule has 33 heavy (non-hydrogen) atoms. The molecule has 0 radical (unpaired) electrons. The quantitative estimate of drug-likeness (QED) is 0.353. The minimum Gasteiger partial charge on any atom is -0.466 e. The molecule has 0 N–H and O–H groups in total. The highest BCUT2D eigenvalue weighted by molar-refractivity contribution is 6.30. The van der Waals surface area contributed by atoms with Gasteiger partial charge in [0, 0.05) is 37.7 Å². The average Bonchev–Trinajstić information content (AvgIpc) is 2.87. The number of carbonyl (C=O) groups is 1. The summed E-state index contributed by atoms with van der Waals surface area (Å²) in [7, 11) is 1.43. The van der Waals surface area contributed by atoms with Gasteiger partial charge in [0.25, 0.3) is 0 Å². The van der Waals surface area contributed by atoms with Crippen molar-refractivity contribution in [2.45, 2.75) is 6.04 Å². The number of hydrogen-bond donors (Lipinski definition) is 0. The van der Waals surface area contributed by atoms with Crippen molar-refractivity contribution in [1.29, 1.82) is 0 Å². The van der Waals surface area contributed by atoms with Gasteiger partial charge < -0.3 is 4.74 Å². The maximum atomic E-state index is 12.4. The van der Waals surface area contributed by atoms with Gasteiger partial charge in [-0.15, -0.1) is 0 Å². The van der Waals surface area contributed by atoms with Crippen molar-refractivity contribution in [1.82, 2.24) is 9.80 Å². The van der Waals surface area contributed by atoms with Gasteiger partial charge in [0.1, 0.15) is 0 Å². The SMILES string of the molecule is COC(=O)/C(=C\c1ccc(Cl)cc1)CN1CCN(C(c2ccccc2)c2ccccc2)CC1. The van der Waals surface area contributed by atoms with E-state index >= 15 is 0 Å². The number of carbonyl (C=O) groups excluding carboxylic acids is 1. The molecule has 1 fully saturated rings. The summed E-state index contributed by atoms with van der Waals surface area (Å²) in [5.41, 5.74) is 4.19. The molecule has 1 aliphatic heterocycles. The molecule has 170 valence electrons. The molecule has 1 saturated heterocycles. The Hall–Kier alpha value is -2.92. The van der Waals surface area contributed by atoms with Gasteiger partial charge in [-0.25, -0.2) is 4.79 Å². The fourth-order valence-corrected chi connectivity index (χ4v) is 4.49. The van der Waals surface area contributed by atoms with E-state index in [0.717, 1.165) is 31.7 Å². The zero-order chi connectivity index (χ0) is 23.0. The fourth-order valence-electron chi connectivity index (χ4n) is 4.37. The van der Waals surface area contributed by atoms with Crippen LogP contribution in [0.4, 0.5) is 0 Å². The maximum Gasteiger partial charge on any atom is 0.335 e. The third-order valence-electron chi connectivity index (χ3n) is 6.06. The second kappa shape index (κ2) is 11.3. The summed E-state index contributed by atoms with van der Waals surface area (Å²) < 4.78 is 5.05. The van der Waals surface area contributed by atoms with Crippen molar-refractivity contribution >= 4 is 23.6 Å². The first-order valence-corrected chi connectivity index (χ1v) is 11.6. The minimum absolute atomic E-state index is 0.222. The number of hydrogen-bond acceptors (Lipinski definition) is 4. The number of benzene rings is 3. The van der Waals surface area contributed by atoms with E-state index in [0.29, 0.717) is 17.1 Å². The summed E-state index contributed by atoms with van der Waals surface area (Å²) >= 11 is 6.00. The number of nitrogens with zero attached hydrogens (tertiary/aromatic N) is 2. The van der Waals surface area contributed by atoms with Gasteiger partial charge in [-0.1, -0.05) is 84.4 Å². The van der Waals surface area contributed by atoms with E-state index in [1.54, 1.807) is 0 Å². The summed E-state index contributed by atoms with van der Waals surface area (Å²) in [6.07, 6.45) is 1.89. The maximum absolute atomic E-state index is 12.4. The third-order valence-corrected chi connectivity index (χ3v) is 6.31. The largest absolute Gasteiger partial charge is 0.466 e. The van der Waals surface area contributed by atoms with Crippen LogP contribution in [0.2, 0.25) is 5.02 Å². The lowest BCUT2D eigenvalue weighted by molar-refractivity contribution is -0.136. The topological polar surface area (TPSA) is 32.8 Å². The van der Waals surface area contributed by atoms with Gasteiger partial charge in [-0.3, -0.25) is 9.80 Å². The highest BCUT2D eigenvalue weighted by Gasteiger charge is 2.27. The summed E-state index contributed by atoms with van der Waals surface area (Å²) in [6.45, 7) is 4.16. The molecule has 0 saturated carbocycles. The predicted octanol–water partition coefficient (Wildman–Crippen LogP) is 5.30. The van der Waals surface area contributed by atoms with Crippen LogP contribution >= 0.6 is 11.6 Å². The van der Waals surface area contributed by atoms with Crippen LogP contribution in [0.1, 0.15) is 22.7 Å². The van der Waals surface area contributed by atoms with E-state index < -0.39 is 0 Å². The molecule has 0 atom stereocenters. The molecule has 4 nitrogen and oxygen atoms in total. The molecule has 1 aliphatic rings. The molecule has 3 aromatic carbocycles. The monoisotopic (exact) mass is 460 g/mol. The predicted molar refractivity (Wildman–Crippen MR) is 134 cm³/mol. The Morgan fingerprint density at radius 2 is 1.42 bits per heavy atom. The van der Waals surface area contributed by atoms with E-state index in [1.807, 2.05) is 30.3 Å². The van der Waals surface area contributed by atoms with E-state index in [4.69, 9.17) is 16.3 Å². The molecule has 0 aromatic heterocycles. The molecule has 4 rings (SSSR count). The van der Waals surface area contributed by atoms with Crippen molar-refractivity contribution in [3.8, 4) is 0 Å². The van der Waals surface area contributed by atoms with Crippen molar-refractivity contribution in [3.05, 3.63) is 112 Å². The van der Waals surface area contributed by atoms with Crippen LogP contribution in [0.3, 0.4) is 0 Å². The minimum atomic E-state index is -0.293. The lowest BCUT2D eigenvalue weighted by atomic mass is 9.96. The van der Waals surface area contributed by atoms with Gasteiger partial charge in [-0.2, -0.15) is 0 Å². The van der Waals surface area contributed by atoms with Crippen LogP contribution < -0.4 is 0 Å². The van der Waals surface area contributed by atoms with Crippen LogP contribution in [0.15, 0.2) is 90.5 Å². The Morgan fingerprint density at radius 1 is 0.879 bits per heavy atom. The number of methoxy groups -OCH3 is 1. The number of halogens is 1. The first-order chi connectivity index (χ1) is 16.1. The van der Waals surface area contributed by atoms with Crippen LogP contribution in [0.5, 0.6) is 0 Å². The van der Waals surface area contributed by atoms with Crippen molar-refractivity contribution in [3.63, 3.8) is 0 Å². The first-order valence-electron chi connectivity index (χ1n) is 11.2. The summed E-state index contributed by atoms with van der Waals surface area (Å²) in [6, 6.07) is 29.0. The molecule has 0 spiro atoms. The number of rotatable bonds is 7. The third kappa shape index (κ3) is 6.11. The van der Waals surface area contributed by atoms with Gasteiger partial charge in [0.15, 0.2) is 0 Å². The molecular weight excluding hydrogens is 432 g/mol. The molecule has 0 unspecified atom stereocenters. The standard InChI is InChI=1S/C28H29ClN2O2/c1-33-28(32)25(20-22-12-14-26(29)15-13-22)21-30-16-18-31(19-17-30)27(23-8-4-2-5-9-23)24-10-6-3-7-11-24/h2-15,20,27H,16-19,21H2,1H3/b25-20-. The van der Waals surface area contributed by atoms with Crippen LogP contribution in [0.25, 0.3) is 6.08 Å². The van der Waals surface area contributed by atoms with Crippen LogP contribution in [-0.2, 0) is 9.53 Å². The van der Waals surface area contributed by atoms with E-state index in [9.17, 15) is 4.79 Å². The van der Waals surface area contributed by atoms with E-state index in [2.05, 4.69) is 70.5 Å². The fraction of sp³-hybridized carbons (Fsp3) is 0.250. The highest BCUT2D eigenvalue weighted by Crippen LogP contribution is 2.29. The lowest BCUT2D eigenvalue weighted by Gasteiger charge is -2.40. The van der Waals surface area contributed by atoms with E-state index in [1.165, 1.54) is 18.2 Å². The number of ether oxygens (including phenoxy) is 1. The summed E-state index contributed by atoms with van der Waals surface area (Å²) in [5.74, 6) is -0.293. The zero-order valence-electron chi connectivity index (χ0n) is 18.9. The molecule has 0 amide bonds. The lowest BCUT2D eigenvalue weighted by Crippen LogP contribution is -2.48. The van der Waals surface area contributed by atoms with Crippen LogP contribution in [0, 0.1) is 0 Å². The Labute approximate surface area is 201 Å². The first kappa shape index (κ1) is 23.2. The number of piperazine rings is 1. The summed E-state index contributed by atoms with van der Waals surface area (Å²) in [5, 5.41) is 0.675. The Bertz CT molecular complexity index is 1020. The number of esters is 1. The van der Waals surface area contributed by atoms with Gasteiger partial charge >= 0.3 is 5.97 Å². The normalized spacial score (nSPS) is 15.5. The summed E-state index contributed by atoms with van der Waals surface area (Å²) in [4.78, 5) is 17.3. The molecule has 0 aliphatic carbocycles. The van der Waals surface area contributed by atoms with Gasteiger partial charge in [-0.05, 0) is 34.9 Å².